The maximum absolute atomic E-state index is 12.3. The number of hydrogen-bond acceptors (Lipinski definition) is 5. The number of nitrogens with one attached hydrogen (secondary N) is 1. The number of carbonyl (C=O) groups is 1. The second kappa shape index (κ2) is 6.94. The predicted octanol–water partition coefficient (Wildman–Crippen LogP) is 1.09. The summed E-state index contributed by atoms with van der Waals surface area (Å²) < 4.78 is 7.89. The summed E-state index contributed by atoms with van der Waals surface area (Å²) in [5.41, 5.74) is 0.556. The predicted molar refractivity (Wildman–Crippen MR) is 96.2 cm³/mol. The van der Waals surface area contributed by atoms with Crippen LogP contribution < -0.4 is 21.3 Å². The molecule has 0 fully saturated rings. The van der Waals surface area contributed by atoms with Crippen LogP contribution in [0.3, 0.4) is 0 Å². The van der Waals surface area contributed by atoms with Crippen LogP contribution in [0.4, 0.5) is 0 Å². The van der Waals surface area contributed by atoms with Gasteiger partial charge in [0, 0.05) is 13.6 Å². The van der Waals surface area contributed by atoms with Crippen LogP contribution in [0.5, 0.6) is 5.75 Å². The van der Waals surface area contributed by atoms with Crippen molar-refractivity contribution in [2.45, 2.75) is 13.1 Å². The first kappa shape index (κ1) is 17.0. The van der Waals surface area contributed by atoms with E-state index in [1.54, 1.807) is 18.6 Å². The summed E-state index contributed by atoms with van der Waals surface area (Å²) in [6, 6.07) is 9.02. The van der Waals surface area contributed by atoms with Gasteiger partial charge in [-0.25, -0.2) is 4.79 Å². The zero-order valence-electron chi connectivity index (χ0n) is 13.8. The van der Waals surface area contributed by atoms with Crippen molar-refractivity contribution >= 4 is 27.5 Å². The molecule has 0 aliphatic rings. The molecule has 0 atom stereocenters. The molecule has 3 rings (SSSR count). The molecule has 0 saturated heterocycles. The molecule has 25 heavy (non-hydrogen) atoms. The number of hydrogen-bond donors (Lipinski definition) is 1. The highest BCUT2D eigenvalue weighted by Crippen LogP contribution is 2.15. The van der Waals surface area contributed by atoms with Crippen molar-refractivity contribution in [3.8, 4) is 5.75 Å². The van der Waals surface area contributed by atoms with Crippen LogP contribution in [0, 0.1) is 0 Å². The molecule has 7 nitrogen and oxygen atoms in total. The molecule has 1 N–H and O–H groups in total. The molecule has 0 radical (unpaired) electrons. The summed E-state index contributed by atoms with van der Waals surface area (Å²) in [5, 5.41) is 4.51. The van der Waals surface area contributed by atoms with Gasteiger partial charge in [0.05, 0.1) is 12.6 Å². The van der Waals surface area contributed by atoms with Crippen molar-refractivity contribution in [1.82, 2.24) is 14.5 Å². The largest absolute Gasteiger partial charge is 0.497 e. The Morgan fingerprint density at radius 2 is 1.92 bits per heavy atom. The van der Waals surface area contributed by atoms with Crippen molar-refractivity contribution in [3.05, 3.63) is 62.1 Å². The van der Waals surface area contributed by atoms with Gasteiger partial charge in [-0.15, -0.1) is 11.3 Å². The van der Waals surface area contributed by atoms with Crippen LogP contribution in [0.15, 0.2) is 45.3 Å². The van der Waals surface area contributed by atoms with E-state index in [1.807, 2.05) is 24.3 Å². The minimum Gasteiger partial charge on any atom is -0.497 e. The normalized spacial score (nSPS) is 10.8. The van der Waals surface area contributed by atoms with Crippen molar-refractivity contribution in [2.24, 2.45) is 7.05 Å². The van der Waals surface area contributed by atoms with E-state index in [2.05, 4.69) is 5.32 Å². The van der Waals surface area contributed by atoms with Crippen LogP contribution in [0.25, 0.3) is 10.2 Å². The van der Waals surface area contributed by atoms with Crippen molar-refractivity contribution < 1.29 is 9.53 Å². The van der Waals surface area contributed by atoms with Gasteiger partial charge in [0.25, 0.3) is 5.56 Å². The second-order valence-corrected chi connectivity index (χ2v) is 6.41. The summed E-state index contributed by atoms with van der Waals surface area (Å²) in [6.45, 7) is 0.201. The number of fused-ring (bicyclic) bond motifs is 1. The SMILES string of the molecule is COc1ccc(CNC(=O)Cn2c(=O)n(C)c(=O)c3sccc32)cc1. The van der Waals surface area contributed by atoms with E-state index in [0.29, 0.717) is 16.8 Å². The van der Waals surface area contributed by atoms with Crippen LogP contribution in [0.1, 0.15) is 5.56 Å². The Morgan fingerprint density at radius 1 is 1.20 bits per heavy atom. The zero-order chi connectivity index (χ0) is 18.0. The van der Waals surface area contributed by atoms with Gasteiger partial charge in [-0.3, -0.25) is 18.7 Å². The summed E-state index contributed by atoms with van der Waals surface area (Å²) >= 11 is 1.26. The molecule has 3 aromatic rings. The minimum atomic E-state index is -0.504. The number of benzene rings is 1. The Kier molecular flexibility index (Phi) is 4.71. The van der Waals surface area contributed by atoms with Crippen LogP contribution in [0.2, 0.25) is 0 Å². The number of methoxy groups -OCH3 is 1. The molecular formula is C17H17N3O4S. The molecule has 0 saturated carbocycles. The maximum Gasteiger partial charge on any atom is 0.331 e. The lowest BCUT2D eigenvalue weighted by molar-refractivity contribution is -0.121. The maximum atomic E-state index is 12.3. The number of rotatable bonds is 5. The van der Waals surface area contributed by atoms with Crippen molar-refractivity contribution in [3.63, 3.8) is 0 Å². The number of carbonyl (C=O) groups excluding carboxylic acids is 1. The van der Waals surface area contributed by atoms with E-state index >= 15 is 0 Å². The monoisotopic (exact) mass is 359 g/mol. The Labute approximate surface area is 147 Å². The van der Waals surface area contributed by atoms with Gasteiger partial charge in [0.15, 0.2) is 0 Å². The highest BCUT2D eigenvalue weighted by atomic mass is 32.1. The molecular weight excluding hydrogens is 342 g/mol. The fourth-order valence-electron chi connectivity index (χ4n) is 2.49. The highest BCUT2D eigenvalue weighted by Gasteiger charge is 2.14. The second-order valence-electron chi connectivity index (χ2n) is 5.49. The van der Waals surface area contributed by atoms with E-state index in [9.17, 15) is 14.4 Å². The summed E-state index contributed by atoms with van der Waals surface area (Å²) in [4.78, 5) is 36.6. The van der Waals surface area contributed by atoms with Gasteiger partial charge in [0.1, 0.15) is 17.0 Å². The Morgan fingerprint density at radius 3 is 2.60 bits per heavy atom. The summed E-state index contributed by atoms with van der Waals surface area (Å²) in [5.74, 6) is 0.441. The lowest BCUT2D eigenvalue weighted by Crippen LogP contribution is -2.40. The quantitative estimate of drug-likeness (QED) is 0.739. The first-order valence-corrected chi connectivity index (χ1v) is 8.46. The van der Waals surface area contributed by atoms with Gasteiger partial charge < -0.3 is 10.1 Å². The molecule has 0 aliphatic carbocycles. The van der Waals surface area contributed by atoms with E-state index in [-0.39, 0.29) is 18.0 Å². The van der Waals surface area contributed by atoms with E-state index < -0.39 is 5.69 Å². The average molecular weight is 359 g/mol. The van der Waals surface area contributed by atoms with E-state index in [1.165, 1.54) is 23.0 Å². The molecule has 0 spiro atoms. The first-order valence-electron chi connectivity index (χ1n) is 7.58. The van der Waals surface area contributed by atoms with Crippen LogP contribution in [-0.2, 0) is 24.9 Å². The molecule has 0 aliphatic heterocycles. The molecule has 0 unspecified atom stereocenters. The highest BCUT2D eigenvalue weighted by molar-refractivity contribution is 7.17. The third-order valence-electron chi connectivity index (χ3n) is 3.90. The van der Waals surface area contributed by atoms with Crippen LogP contribution in [-0.4, -0.2) is 22.2 Å². The van der Waals surface area contributed by atoms with Crippen molar-refractivity contribution in [2.75, 3.05) is 7.11 Å². The van der Waals surface area contributed by atoms with Gasteiger partial charge in [-0.05, 0) is 29.1 Å². The molecule has 2 heterocycles. The number of nitrogens with zero attached hydrogens (tertiary/aromatic N) is 2. The van der Waals surface area contributed by atoms with Crippen molar-refractivity contribution in [1.29, 1.82) is 0 Å². The molecule has 0 bridgehead atoms. The van der Waals surface area contributed by atoms with E-state index in [4.69, 9.17) is 4.74 Å². The Hall–Kier alpha value is -2.87. The third kappa shape index (κ3) is 3.34. The summed E-state index contributed by atoms with van der Waals surface area (Å²) in [7, 11) is 3.00. The number of aromatic nitrogens is 2. The minimum absolute atomic E-state index is 0.143. The number of amides is 1. The standard InChI is InChI=1S/C17H17N3O4S/c1-19-16(22)15-13(7-8-25-15)20(17(19)23)10-14(21)18-9-11-3-5-12(24-2)6-4-11/h3-8H,9-10H2,1-2H3,(H,18,21). The molecule has 2 aromatic heterocycles. The van der Waals surface area contributed by atoms with Crippen LogP contribution >= 0.6 is 11.3 Å². The topological polar surface area (TPSA) is 82.3 Å². The van der Waals surface area contributed by atoms with Gasteiger partial charge in [0.2, 0.25) is 5.91 Å². The lowest BCUT2D eigenvalue weighted by atomic mass is 10.2. The van der Waals surface area contributed by atoms with Gasteiger partial charge in [-0.2, -0.15) is 0 Å². The Balaban J connectivity index is 1.77. The first-order chi connectivity index (χ1) is 12.0. The zero-order valence-corrected chi connectivity index (χ0v) is 14.6. The molecule has 1 aromatic carbocycles. The van der Waals surface area contributed by atoms with E-state index in [0.717, 1.165) is 15.9 Å². The number of thiophene rings is 1. The average Bonchev–Trinajstić information content (AvgIpc) is 3.12. The smallest absolute Gasteiger partial charge is 0.331 e. The summed E-state index contributed by atoms with van der Waals surface area (Å²) in [6.07, 6.45) is 0. The molecule has 1 amide bonds. The van der Waals surface area contributed by atoms with Gasteiger partial charge >= 0.3 is 5.69 Å². The third-order valence-corrected chi connectivity index (χ3v) is 4.79. The Bertz CT molecular complexity index is 1030. The molecule has 130 valence electrons. The lowest BCUT2D eigenvalue weighted by Gasteiger charge is -2.10. The molecule has 8 heteroatoms. The fourth-order valence-corrected chi connectivity index (χ4v) is 3.36. The number of ether oxygens (including phenoxy) is 1. The fraction of sp³-hybridized carbons (Fsp3) is 0.235. The van der Waals surface area contributed by atoms with Gasteiger partial charge in [-0.1, -0.05) is 12.1 Å².